The van der Waals surface area contributed by atoms with Crippen LogP contribution in [0.5, 0.6) is 0 Å². The van der Waals surface area contributed by atoms with Crippen LogP contribution < -0.4 is 4.72 Å². The second-order valence-corrected chi connectivity index (χ2v) is 6.92. The summed E-state index contributed by atoms with van der Waals surface area (Å²) < 4.78 is 26.3. The molecule has 6 nitrogen and oxygen atoms in total. The zero-order chi connectivity index (χ0) is 14.8. The molecule has 0 bridgehead atoms. The number of carbonyl (C=O) groups is 1. The molecule has 3 N–H and O–H groups in total. The average molecular weight is 373 g/mol. The van der Waals surface area contributed by atoms with Crippen molar-refractivity contribution in [1.82, 2.24) is 4.72 Å². The molecule has 0 heterocycles. The van der Waals surface area contributed by atoms with Gasteiger partial charge in [0.05, 0.1) is 11.6 Å². The second-order valence-electron chi connectivity index (χ2n) is 3.95. The van der Waals surface area contributed by atoms with Crippen LogP contribution in [0.15, 0.2) is 27.6 Å². The van der Waals surface area contributed by atoms with Crippen molar-refractivity contribution in [2.45, 2.75) is 17.4 Å². The van der Waals surface area contributed by atoms with E-state index in [2.05, 4.69) is 15.9 Å². The van der Waals surface area contributed by atoms with E-state index in [-0.39, 0.29) is 14.4 Å². The lowest BCUT2D eigenvalue weighted by Gasteiger charge is -2.19. The summed E-state index contributed by atoms with van der Waals surface area (Å²) in [6.07, 6.45) is 0. The molecule has 0 amide bonds. The van der Waals surface area contributed by atoms with Crippen LogP contribution in [0.25, 0.3) is 0 Å². The number of hydrogen-bond acceptors (Lipinski definition) is 4. The predicted octanol–water partition coefficient (Wildman–Crippen LogP) is 1.22. The van der Waals surface area contributed by atoms with E-state index in [4.69, 9.17) is 16.7 Å². The molecular weight excluding hydrogens is 362 g/mol. The van der Waals surface area contributed by atoms with Crippen molar-refractivity contribution in [1.29, 1.82) is 0 Å². The van der Waals surface area contributed by atoms with E-state index >= 15 is 0 Å². The van der Waals surface area contributed by atoms with Crippen LogP contribution in [0.1, 0.15) is 6.92 Å². The highest BCUT2D eigenvalue weighted by Gasteiger charge is 2.32. The number of nitrogens with one attached hydrogen (secondary N) is 1. The zero-order valence-electron chi connectivity index (χ0n) is 9.72. The largest absolute Gasteiger partial charge is 0.479 e. The average Bonchev–Trinajstić information content (AvgIpc) is 2.26. The van der Waals surface area contributed by atoms with Crippen LogP contribution in [0, 0.1) is 0 Å². The van der Waals surface area contributed by atoms with Gasteiger partial charge < -0.3 is 10.2 Å². The van der Waals surface area contributed by atoms with E-state index in [1.54, 1.807) is 6.07 Å². The molecule has 1 aromatic rings. The Balaban J connectivity index is 3.04. The maximum absolute atomic E-state index is 12.0. The van der Waals surface area contributed by atoms with E-state index in [0.717, 1.165) is 6.92 Å². The molecule has 19 heavy (non-hydrogen) atoms. The molecule has 1 unspecified atom stereocenters. The summed E-state index contributed by atoms with van der Waals surface area (Å²) in [5.41, 5.74) is -2.21. The van der Waals surface area contributed by atoms with Crippen molar-refractivity contribution in [3.8, 4) is 0 Å². The van der Waals surface area contributed by atoms with Crippen molar-refractivity contribution < 1.29 is 23.4 Å². The minimum atomic E-state index is -4.04. The maximum atomic E-state index is 12.0. The summed E-state index contributed by atoms with van der Waals surface area (Å²) in [6.45, 7) is 0.307. The van der Waals surface area contributed by atoms with E-state index in [1.807, 2.05) is 4.72 Å². The number of aliphatic carboxylic acids is 1. The van der Waals surface area contributed by atoms with E-state index in [1.165, 1.54) is 12.1 Å². The number of carboxylic acid groups (broad SMARTS) is 1. The number of benzene rings is 1. The quantitative estimate of drug-likeness (QED) is 0.721. The normalized spacial score (nSPS) is 14.9. The Labute approximate surface area is 123 Å². The molecule has 0 saturated carbocycles. The Hall–Kier alpha value is -0.670. The molecule has 1 rings (SSSR count). The third-order valence-corrected chi connectivity index (χ3v) is 5.11. The molecule has 0 aromatic heterocycles. The van der Waals surface area contributed by atoms with Crippen LogP contribution in [0.4, 0.5) is 0 Å². The molecule has 0 fully saturated rings. The molecule has 0 aliphatic rings. The number of sulfonamides is 1. The smallest absolute Gasteiger partial charge is 0.336 e. The van der Waals surface area contributed by atoms with Crippen molar-refractivity contribution >= 4 is 43.5 Å². The first-order chi connectivity index (χ1) is 8.58. The number of rotatable bonds is 5. The Morgan fingerprint density at radius 2 is 2.11 bits per heavy atom. The fraction of sp³-hybridized carbons (Fsp3) is 0.300. The van der Waals surface area contributed by atoms with Gasteiger partial charge in [0.15, 0.2) is 5.60 Å². The Morgan fingerprint density at radius 1 is 1.53 bits per heavy atom. The van der Waals surface area contributed by atoms with Gasteiger partial charge >= 0.3 is 5.97 Å². The second kappa shape index (κ2) is 5.76. The Morgan fingerprint density at radius 3 is 2.58 bits per heavy atom. The van der Waals surface area contributed by atoms with Crippen molar-refractivity contribution in [3.05, 3.63) is 27.7 Å². The molecule has 0 saturated heterocycles. The van der Waals surface area contributed by atoms with Gasteiger partial charge in [0.1, 0.15) is 4.90 Å². The zero-order valence-corrected chi connectivity index (χ0v) is 12.9. The number of hydrogen-bond donors (Lipinski definition) is 3. The van der Waals surface area contributed by atoms with E-state index in [9.17, 15) is 18.3 Å². The molecule has 1 atom stereocenters. The third-order valence-electron chi connectivity index (χ3n) is 2.25. The van der Waals surface area contributed by atoms with Crippen LogP contribution >= 0.6 is 27.5 Å². The van der Waals surface area contributed by atoms with Gasteiger partial charge in [-0.25, -0.2) is 17.9 Å². The lowest BCUT2D eigenvalue weighted by Crippen LogP contribution is -2.46. The van der Waals surface area contributed by atoms with Gasteiger partial charge in [0, 0.05) is 4.47 Å². The number of carboxylic acids is 1. The lowest BCUT2D eigenvalue weighted by atomic mass is 10.1. The van der Waals surface area contributed by atoms with Crippen LogP contribution in [0.3, 0.4) is 0 Å². The summed E-state index contributed by atoms with van der Waals surface area (Å²) in [6, 6.07) is 4.42. The molecule has 0 spiro atoms. The molecule has 0 radical (unpaired) electrons. The highest BCUT2D eigenvalue weighted by Crippen LogP contribution is 2.29. The van der Waals surface area contributed by atoms with Crippen molar-refractivity contribution in [3.63, 3.8) is 0 Å². The maximum Gasteiger partial charge on any atom is 0.336 e. The SMILES string of the molecule is CC(O)(CNS(=O)(=O)c1c(Cl)cccc1Br)C(=O)O. The summed E-state index contributed by atoms with van der Waals surface area (Å²) in [5, 5.41) is 18.2. The number of aliphatic hydroxyl groups is 1. The summed E-state index contributed by atoms with van der Waals surface area (Å²) >= 11 is 8.85. The number of halogens is 2. The van der Waals surface area contributed by atoms with Gasteiger partial charge in [0.2, 0.25) is 10.0 Å². The Kier molecular flexibility index (Phi) is 4.97. The first kappa shape index (κ1) is 16.4. The highest BCUT2D eigenvalue weighted by atomic mass is 79.9. The van der Waals surface area contributed by atoms with Gasteiger partial charge in [-0.05, 0) is 35.0 Å². The van der Waals surface area contributed by atoms with Gasteiger partial charge in [-0.1, -0.05) is 17.7 Å². The lowest BCUT2D eigenvalue weighted by molar-refractivity contribution is -0.155. The van der Waals surface area contributed by atoms with Crippen molar-refractivity contribution in [2.24, 2.45) is 0 Å². The molecule has 106 valence electrons. The first-order valence-corrected chi connectivity index (χ1v) is 7.63. The van der Waals surface area contributed by atoms with Gasteiger partial charge in [-0.3, -0.25) is 0 Å². The molecule has 9 heteroatoms. The van der Waals surface area contributed by atoms with Crippen LogP contribution in [-0.4, -0.2) is 36.7 Å². The standard InChI is InChI=1S/C10H11BrClNO5S/c1-10(16,9(14)15)5-13-19(17,18)8-6(11)3-2-4-7(8)12/h2-4,13,16H,5H2,1H3,(H,14,15). The first-order valence-electron chi connectivity index (χ1n) is 4.97. The summed E-state index contributed by atoms with van der Waals surface area (Å²) in [7, 11) is -4.04. The monoisotopic (exact) mass is 371 g/mol. The third kappa shape index (κ3) is 3.90. The fourth-order valence-electron chi connectivity index (χ4n) is 1.12. The van der Waals surface area contributed by atoms with E-state index < -0.39 is 28.1 Å². The van der Waals surface area contributed by atoms with Crippen molar-refractivity contribution in [2.75, 3.05) is 6.54 Å². The minimum absolute atomic E-state index is 0.0168. The minimum Gasteiger partial charge on any atom is -0.479 e. The molecule has 0 aliphatic carbocycles. The van der Waals surface area contributed by atoms with Gasteiger partial charge in [-0.15, -0.1) is 0 Å². The topological polar surface area (TPSA) is 104 Å². The van der Waals surface area contributed by atoms with Gasteiger partial charge in [-0.2, -0.15) is 0 Å². The molecular formula is C10H11BrClNO5S. The van der Waals surface area contributed by atoms with Crippen LogP contribution in [-0.2, 0) is 14.8 Å². The predicted molar refractivity (Wildman–Crippen MR) is 72.6 cm³/mol. The Bertz CT molecular complexity index is 582. The van der Waals surface area contributed by atoms with Crippen LogP contribution in [0.2, 0.25) is 5.02 Å². The molecule has 1 aromatic carbocycles. The van der Waals surface area contributed by atoms with E-state index in [0.29, 0.717) is 0 Å². The summed E-state index contributed by atoms with van der Waals surface area (Å²) in [4.78, 5) is 10.5. The van der Waals surface area contributed by atoms with Gasteiger partial charge in [0.25, 0.3) is 0 Å². The highest BCUT2D eigenvalue weighted by molar-refractivity contribution is 9.10. The summed E-state index contributed by atoms with van der Waals surface area (Å²) in [5.74, 6) is -1.53. The molecule has 0 aliphatic heterocycles. The fourth-order valence-corrected chi connectivity index (χ4v) is 3.99.